The van der Waals surface area contributed by atoms with Crippen LogP contribution in [0.15, 0.2) is 24.8 Å². The van der Waals surface area contributed by atoms with Crippen LogP contribution < -0.4 is 0 Å². The van der Waals surface area contributed by atoms with Crippen LogP contribution in [0.1, 0.15) is 0 Å². The zero-order valence-electron chi connectivity index (χ0n) is 3.97. The van der Waals surface area contributed by atoms with Gasteiger partial charge in [0.15, 0.2) is 5.78 Å². The number of allylic oxidation sites excluding steroid dienone is 2. The molecule has 0 atom stereocenters. The molecule has 0 aliphatic carbocycles. The van der Waals surface area contributed by atoms with Gasteiger partial charge in [-0.3, -0.25) is 4.79 Å². The normalized spacial score (nSPS) is 11.2. The SMILES string of the molecule is O=C(C=CF)C=CF. The molecule has 0 spiro atoms. The van der Waals surface area contributed by atoms with Gasteiger partial charge in [0.1, 0.15) is 0 Å². The zero-order chi connectivity index (χ0) is 6.41. The number of carbonyl (C=O) groups excluding carboxylic acids is 1. The summed E-state index contributed by atoms with van der Waals surface area (Å²) < 4.78 is 22.0. The van der Waals surface area contributed by atoms with E-state index >= 15 is 0 Å². The lowest BCUT2D eigenvalue weighted by Crippen LogP contribution is -1.81. The first kappa shape index (κ1) is 7.01. The second-order valence-corrected chi connectivity index (χ2v) is 0.988. The molecule has 0 aromatic carbocycles. The first-order chi connectivity index (χ1) is 3.81. The van der Waals surface area contributed by atoms with Crippen LogP contribution in [0.4, 0.5) is 8.78 Å². The highest BCUT2D eigenvalue weighted by molar-refractivity contribution is 5.98. The minimum Gasteiger partial charge on any atom is -0.290 e. The van der Waals surface area contributed by atoms with Gasteiger partial charge < -0.3 is 0 Å². The summed E-state index contributed by atoms with van der Waals surface area (Å²) in [4.78, 5) is 9.99. The molecule has 3 heteroatoms. The molecule has 0 saturated heterocycles. The fraction of sp³-hybridized carbons (Fsp3) is 0. The summed E-state index contributed by atoms with van der Waals surface area (Å²) >= 11 is 0. The standard InChI is InChI=1S/C5H4F2O/c6-3-1-5(8)2-4-7/h1-4H. The Morgan fingerprint density at radius 3 is 1.75 bits per heavy atom. The lowest BCUT2D eigenvalue weighted by Gasteiger charge is -1.72. The lowest BCUT2D eigenvalue weighted by molar-refractivity contribution is -0.110. The van der Waals surface area contributed by atoms with Crippen LogP contribution in [0.5, 0.6) is 0 Å². The molecule has 0 aromatic heterocycles. The highest BCUT2D eigenvalue weighted by Gasteiger charge is 1.83. The molecule has 1 nitrogen and oxygen atoms in total. The number of halogens is 2. The Hall–Kier alpha value is -0.990. The molecule has 0 aliphatic heterocycles. The number of hydrogen-bond acceptors (Lipinski definition) is 1. The van der Waals surface area contributed by atoms with Crippen molar-refractivity contribution in [3.05, 3.63) is 24.8 Å². The molecule has 8 heavy (non-hydrogen) atoms. The topological polar surface area (TPSA) is 17.1 Å². The average molecular weight is 118 g/mol. The van der Waals surface area contributed by atoms with Gasteiger partial charge in [0.2, 0.25) is 0 Å². The number of carbonyl (C=O) groups is 1. The Balaban J connectivity index is 3.66. The largest absolute Gasteiger partial charge is 0.290 e. The summed E-state index contributed by atoms with van der Waals surface area (Å²) in [5.74, 6) is -0.699. The predicted octanol–water partition coefficient (Wildman–Crippen LogP) is 1.52. The van der Waals surface area contributed by atoms with Crippen molar-refractivity contribution in [1.82, 2.24) is 0 Å². The van der Waals surface area contributed by atoms with Crippen LogP contribution in [0.3, 0.4) is 0 Å². The van der Waals surface area contributed by atoms with Gasteiger partial charge in [-0.1, -0.05) is 0 Å². The van der Waals surface area contributed by atoms with E-state index in [9.17, 15) is 13.6 Å². The Kier molecular flexibility index (Phi) is 3.66. The van der Waals surface area contributed by atoms with Gasteiger partial charge in [-0.2, -0.15) is 0 Å². The third kappa shape index (κ3) is 3.21. The van der Waals surface area contributed by atoms with Crippen molar-refractivity contribution in [2.24, 2.45) is 0 Å². The molecular weight excluding hydrogens is 114 g/mol. The summed E-state index contributed by atoms with van der Waals surface area (Å²) in [6.07, 6.45) is 1.36. The van der Waals surface area contributed by atoms with Gasteiger partial charge in [0.05, 0.1) is 12.7 Å². The monoisotopic (exact) mass is 118 g/mol. The van der Waals surface area contributed by atoms with Crippen molar-refractivity contribution in [2.75, 3.05) is 0 Å². The highest BCUT2D eigenvalue weighted by Crippen LogP contribution is 1.80. The molecule has 0 saturated carbocycles. The second kappa shape index (κ2) is 4.18. The summed E-state index contributed by atoms with van der Waals surface area (Å²) in [7, 11) is 0. The molecule has 0 bridgehead atoms. The number of hydrogen-bond donors (Lipinski definition) is 0. The van der Waals surface area contributed by atoms with E-state index < -0.39 is 5.78 Å². The van der Waals surface area contributed by atoms with E-state index in [-0.39, 0.29) is 12.7 Å². The molecule has 0 radical (unpaired) electrons. The van der Waals surface area contributed by atoms with Gasteiger partial charge in [-0.05, 0) is 0 Å². The second-order valence-electron chi connectivity index (χ2n) is 0.988. The Labute approximate surface area is 45.3 Å². The van der Waals surface area contributed by atoms with Gasteiger partial charge in [0.25, 0.3) is 0 Å². The van der Waals surface area contributed by atoms with Crippen molar-refractivity contribution in [2.45, 2.75) is 0 Å². The molecule has 0 aliphatic rings. The molecule has 0 amide bonds. The zero-order valence-corrected chi connectivity index (χ0v) is 3.97. The maximum Gasteiger partial charge on any atom is 0.183 e. The molecule has 0 heterocycles. The van der Waals surface area contributed by atoms with E-state index in [1.807, 2.05) is 0 Å². The number of ketones is 1. The van der Waals surface area contributed by atoms with Crippen molar-refractivity contribution >= 4 is 5.78 Å². The smallest absolute Gasteiger partial charge is 0.183 e. The van der Waals surface area contributed by atoms with E-state index in [1.54, 1.807) is 0 Å². The van der Waals surface area contributed by atoms with Crippen molar-refractivity contribution in [3.8, 4) is 0 Å². The number of rotatable bonds is 2. The first-order valence-electron chi connectivity index (χ1n) is 1.88. The molecule has 0 fully saturated rings. The predicted molar refractivity (Wildman–Crippen MR) is 25.5 cm³/mol. The summed E-state index contributed by atoms with van der Waals surface area (Å²) in [5.41, 5.74) is 0. The van der Waals surface area contributed by atoms with Crippen molar-refractivity contribution in [1.29, 1.82) is 0 Å². The van der Waals surface area contributed by atoms with E-state index in [4.69, 9.17) is 0 Å². The van der Waals surface area contributed by atoms with Crippen molar-refractivity contribution < 1.29 is 13.6 Å². The van der Waals surface area contributed by atoms with Crippen LogP contribution in [0.2, 0.25) is 0 Å². The minimum atomic E-state index is -0.699. The Bertz CT molecular complexity index is 112. The Morgan fingerprint density at radius 2 is 1.50 bits per heavy atom. The first-order valence-corrected chi connectivity index (χ1v) is 1.88. The van der Waals surface area contributed by atoms with Crippen LogP contribution in [-0.4, -0.2) is 5.78 Å². The fourth-order valence-electron chi connectivity index (χ4n) is 0.180. The Morgan fingerprint density at radius 1 is 1.12 bits per heavy atom. The quantitative estimate of drug-likeness (QED) is 0.502. The summed E-state index contributed by atoms with van der Waals surface area (Å²) in [6, 6.07) is 0. The third-order valence-electron chi connectivity index (χ3n) is 0.455. The van der Waals surface area contributed by atoms with Gasteiger partial charge in [-0.15, -0.1) is 0 Å². The van der Waals surface area contributed by atoms with Crippen LogP contribution in [0.25, 0.3) is 0 Å². The van der Waals surface area contributed by atoms with E-state index in [2.05, 4.69) is 0 Å². The van der Waals surface area contributed by atoms with Gasteiger partial charge in [0, 0.05) is 12.2 Å². The van der Waals surface area contributed by atoms with Crippen LogP contribution in [0, 0.1) is 0 Å². The fourth-order valence-corrected chi connectivity index (χ4v) is 0.180. The summed E-state index contributed by atoms with van der Waals surface area (Å²) in [6.45, 7) is 0. The van der Waals surface area contributed by atoms with E-state index in [0.29, 0.717) is 12.2 Å². The van der Waals surface area contributed by atoms with Crippen LogP contribution in [-0.2, 0) is 4.79 Å². The lowest BCUT2D eigenvalue weighted by atomic mass is 10.4. The molecule has 44 valence electrons. The molecule has 0 rings (SSSR count). The maximum absolute atomic E-state index is 11.0. The molecule has 0 unspecified atom stereocenters. The maximum atomic E-state index is 11.0. The van der Waals surface area contributed by atoms with Crippen LogP contribution >= 0.6 is 0 Å². The molecule has 0 aromatic rings. The summed E-state index contributed by atoms with van der Waals surface area (Å²) in [5, 5.41) is 0. The van der Waals surface area contributed by atoms with E-state index in [1.165, 1.54) is 0 Å². The molecule has 0 N–H and O–H groups in total. The van der Waals surface area contributed by atoms with Crippen molar-refractivity contribution in [3.63, 3.8) is 0 Å². The average Bonchev–Trinajstić information content (AvgIpc) is 1.68. The highest BCUT2D eigenvalue weighted by atomic mass is 19.1. The van der Waals surface area contributed by atoms with Gasteiger partial charge in [-0.25, -0.2) is 8.78 Å². The van der Waals surface area contributed by atoms with E-state index in [0.717, 1.165) is 0 Å². The molecular formula is C5H4F2O. The van der Waals surface area contributed by atoms with Gasteiger partial charge >= 0.3 is 0 Å². The third-order valence-corrected chi connectivity index (χ3v) is 0.455. The minimum absolute atomic E-state index is 0.0579.